The Morgan fingerprint density at radius 1 is 0.304 bits per heavy atom. The number of aliphatic hydroxyl groups excluding tert-OH is 1. The third kappa shape index (κ3) is 64.1. The van der Waals surface area contributed by atoms with Crippen LogP contribution in [0.15, 0.2) is 0 Å². The summed E-state index contributed by atoms with van der Waals surface area (Å²) in [7, 11) is -9.91. The summed E-state index contributed by atoms with van der Waals surface area (Å²) >= 11 is 0. The molecule has 0 aliphatic heterocycles. The van der Waals surface area contributed by atoms with Crippen molar-refractivity contribution in [1.29, 1.82) is 0 Å². The lowest BCUT2D eigenvalue weighted by Crippen LogP contribution is -2.30. The van der Waals surface area contributed by atoms with Gasteiger partial charge in [0.2, 0.25) is 0 Å². The van der Waals surface area contributed by atoms with E-state index in [2.05, 4.69) is 55.4 Å². The zero-order chi connectivity index (χ0) is 68.2. The van der Waals surface area contributed by atoms with Crippen LogP contribution in [0.3, 0.4) is 0 Å². The Kier molecular flexibility index (Phi) is 61.3. The number of ether oxygens (including phenoxy) is 4. The van der Waals surface area contributed by atoms with Crippen molar-refractivity contribution >= 4 is 39.5 Å². The van der Waals surface area contributed by atoms with Gasteiger partial charge in [-0.2, -0.15) is 0 Å². The average Bonchev–Trinajstić information content (AvgIpc) is 2.60. The quantitative estimate of drug-likeness (QED) is 0.0222. The highest BCUT2D eigenvalue weighted by Gasteiger charge is 2.30. The smallest absolute Gasteiger partial charge is 0.462 e. The van der Waals surface area contributed by atoms with Crippen LogP contribution in [-0.4, -0.2) is 96.7 Å². The zero-order valence-corrected chi connectivity index (χ0v) is 62.0. The van der Waals surface area contributed by atoms with E-state index in [1.165, 1.54) is 154 Å². The Hall–Kier alpha value is -1.94. The molecule has 0 aliphatic carbocycles. The predicted molar refractivity (Wildman–Crippen MR) is 372 cm³/mol. The lowest BCUT2D eigenvalue weighted by atomic mass is 9.99. The monoisotopic (exact) mass is 1350 g/mol. The van der Waals surface area contributed by atoms with E-state index < -0.39 is 97.5 Å². The molecule has 0 aromatic rings. The number of phosphoric ester groups is 2. The minimum atomic E-state index is -4.95. The maximum Gasteiger partial charge on any atom is 0.472 e. The van der Waals surface area contributed by atoms with E-state index in [1.54, 1.807) is 0 Å². The SMILES string of the molecule is CCC(C)CCCCCCCCCCCCCCCCC(=O)O[C@H](COC(=O)CCCCCCCCC(C)C)COP(=O)(O)OC[C@H](O)COP(=O)(O)OC[C@@H](COC(=O)CCCCCCCCC(C)CC)OC(=O)CCCCCCCCCCCCCCC(C)C. The molecule has 0 heterocycles. The molecular weight excluding hydrogens is 1210 g/mol. The van der Waals surface area contributed by atoms with Crippen molar-refractivity contribution in [2.75, 3.05) is 39.6 Å². The van der Waals surface area contributed by atoms with Gasteiger partial charge in [-0.15, -0.1) is 0 Å². The van der Waals surface area contributed by atoms with Gasteiger partial charge in [0.15, 0.2) is 12.2 Å². The topological polar surface area (TPSA) is 237 Å². The van der Waals surface area contributed by atoms with Crippen LogP contribution in [0.4, 0.5) is 0 Å². The third-order valence-corrected chi connectivity index (χ3v) is 19.4. The first-order chi connectivity index (χ1) is 44.2. The molecular formula is C73H142O17P2. The van der Waals surface area contributed by atoms with Gasteiger partial charge < -0.3 is 33.8 Å². The third-order valence-electron chi connectivity index (χ3n) is 17.5. The summed E-state index contributed by atoms with van der Waals surface area (Å²) in [4.78, 5) is 72.6. The van der Waals surface area contributed by atoms with E-state index >= 15 is 0 Å². The fraction of sp³-hybridized carbons (Fsp3) is 0.945. The van der Waals surface area contributed by atoms with Crippen LogP contribution in [0.2, 0.25) is 0 Å². The van der Waals surface area contributed by atoms with E-state index in [-0.39, 0.29) is 25.7 Å². The van der Waals surface area contributed by atoms with Crippen LogP contribution >= 0.6 is 15.6 Å². The Morgan fingerprint density at radius 2 is 0.522 bits per heavy atom. The van der Waals surface area contributed by atoms with Gasteiger partial charge in [0, 0.05) is 25.7 Å². The number of aliphatic hydroxyl groups is 1. The number of esters is 4. The molecule has 17 nitrogen and oxygen atoms in total. The first-order valence-corrected chi connectivity index (χ1v) is 40.8. The van der Waals surface area contributed by atoms with E-state index in [0.29, 0.717) is 31.6 Å². The summed E-state index contributed by atoms with van der Waals surface area (Å²) in [5.74, 6) is 0.905. The number of hydrogen-bond donors (Lipinski definition) is 3. The average molecular weight is 1350 g/mol. The first kappa shape index (κ1) is 90.1. The van der Waals surface area contributed by atoms with E-state index in [0.717, 1.165) is 120 Å². The van der Waals surface area contributed by atoms with Gasteiger partial charge in [0.1, 0.15) is 19.3 Å². The molecule has 0 spiro atoms. The number of carbonyl (C=O) groups excluding carboxylic acids is 4. The minimum absolute atomic E-state index is 0.105. The standard InChI is InChI=1S/C73H142O17P2/c1-9-65(7)51-43-35-26-22-18-13-11-12-14-19-23-27-39-47-55-72(77)89-68(59-83-70(75)53-45-37-31-29-34-42-50-64(5)6)61-87-91(79,80)85-57-67(74)58-86-92(81,82)88-62-69(60-84-71(76)54-46-38-32-30-36-44-52-66(8)10-2)90-73(78)56-48-40-28-24-20-16-15-17-21-25-33-41-49-63(3)4/h63-69,74H,9-62H2,1-8H3,(H,79,80)(H,81,82)/t65?,66?,67-,68+,69+/m0/s1. The first-order valence-electron chi connectivity index (χ1n) is 37.8. The maximum atomic E-state index is 13.0. The van der Waals surface area contributed by atoms with Gasteiger partial charge >= 0.3 is 39.5 Å². The molecule has 0 rings (SSSR count). The summed E-state index contributed by atoms with van der Waals surface area (Å²) in [5.41, 5.74) is 0. The molecule has 0 fully saturated rings. The molecule has 0 radical (unpaired) electrons. The van der Waals surface area contributed by atoms with Gasteiger partial charge in [0.05, 0.1) is 26.4 Å². The Morgan fingerprint density at radius 3 is 0.772 bits per heavy atom. The lowest BCUT2D eigenvalue weighted by molar-refractivity contribution is -0.161. The van der Waals surface area contributed by atoms with Crippen molar-refractivity contribution in [3.05, 3.63) is 0 Å². The normalized spacial score (nSPS) is 14.8. The largest absolute Gasteiger partial charge is 0.472 e. The van der Waals surface area contributed by atoms with Crippen LogP contribution in [0.5, 0.6) is 0 Å². The van der Waals surface area contributed by atoms with Crippen LogP contribution < -0.4 is 0 Å². The molecule has 7 atom stereocenters. The van der Waals surface area contributed by atoms with Gasteiger partial charge in [0.25, 0.3) is 0 Å². The molecule has 92 heavy (non-hydrogen) atoms. The number of carbonyl (C=O) groups is 4. The number of phosphoric acid groups is 2. The minimum Gasteiger partial charge on any atom is -0.462 e. The highest BCUT2D eigenvalue weighted by atomic mass is 31.2. The predicted octanol–water partition coefficient (Wildman–Crippen LogP) is 20.9. The van der Waals surface area contributed by atoms with Crippen molar-refractivity contribution in [2.24, 2.45) is 23.7 Å². The second kappa shape index (κ2) is 62.6. The molecule has 0 aromatic carbocycles. The summed E-state index contributed by atoms with van der Waals surface area (Å²) < 4.78 is 68.4. The molecule has 0 saturated heterocycles. The van der Waals surface area contributed by atoms with Crippen LogP contribution in [0, 0.1) is 23.7 Å². The van der Waals surface area contributed by atoms with Crippen LogP contribution in [0.1, 0.15) is 364 Å². The van der Waals surface area contributed by atoms with Crippen molar-refractivity contribution in [2.45, 2.75) is 382 Å². The molecule has 0 bridgehead atoms. The molecule has 0 amide bonds. The molecule has 19 heteroatoms. The Bertz CT molecular complexity index is 1820. The summed E-state index contributed by atoms with van der Waals surface area (Å²) in [6.45, 7) is 14.1. The van der Waals surface area contributed by atoms with Gasteiger partial charge in [-0.1, -0.05) is 312 Å². The summed E-state index contributed by atoms with van der Waals surface area (Å²) in [6.07, 6.45) is 45.9. The molecule has 546 valence electrons. The van der Waals surface area contributed by atoms with Gasteiger partial charge in [-0.3, -0.25) is 37.3 Å². The van der Waals surface area contributed by atoms with E-state index in [1.807, 2.05) is 0 Å². The zero-order valence-electron chi connectivity index (χ0n) is 60.2. The van der Waals surface area contributed by atoms with Gasteiger partial charge in [-0.05, 0) is 49.4 Å². The summed E-state index contributed by atoms with van der Waals surface area (Å²) in [5, 5.41) is 10.6. The fourth-order valence-electron chi connectivity index (χ4n) is 11.0. The fourth-order valence-corrected chi connectivity index (χ4v) is 12.5. The van der Waals surface area contributed by atoms with Crippen molar-refractivity contribution < 1.29 is 80.2 Å². The van der Waals surface area contributed by atoms with Crippen LogP contribution in [0.25, 0.3) is 0 Å². The molecule has 3 N–H and O–H groups in total. The number of unbranched alkanes of at least 4 members (excludes halogenated alkanes) is 34. The number of hydrogen-bond acceptors (Lipinski definition) is 15. The van der Waals surface area contributed by atoms with Crippen LogP contribution in [-0.2, 0) is 65.4 Å². The van der Waals surface area contributed by atoms with Crippen molar-refractivity contribution in [1.82, 2.24) is 0 Å². The maximum absolute atomic E-state index is 13.0. The van der Waals surface area contributed by atoms with Crippen molar-refractivity contribution in [3.63, 3.8) is 0 Å². The number of rotatable bonds is 70. The highest BCUT2D eigenvalue weighted by molar-refractivity contribution is 7.47. The van der Waals surface area contributed by atoms with Gasteiger partial charge in [-0.25, -0.2) is 9.13 Å². The molecule has 0 aromatic heterocycles. The Balaban J connectivity index is 5.21. The Labute approximate surface area is 562 Å². The lowest BCUT2D eigenvalue weighted by Gasteiger charge is -2.21. The second-order valence-corrected chi connectivity index (χ2v) is 30.7. The van der Waals surface area contributed by atoms with E-state index in [4.69, 9.17) is 37.0 Å². The summed E-state index contributed by atoms with van der Waals surface area (Å²) in [6, 6.07) is 0. The van der Waals surface area contributed by atoms with E-state index in [9.17, 15) is 43.2 Å². The van der Waals surface area contributed by atoms with Crippen molar-refractivity contribution in [3.8, 4) is 0 Å². The second-order valence-electron chi connectivity index (χ2n) is 27.8. The molecule has 0 aliphatic rings. The highest BCUT2D eigenvalue weighted by Crippen LogP contribution is 2.45. The molecule has 0 saturated carbocycles. The molecule has 4 unspecified atom stereocenters.